The number of carbonyl (C=O) groups is 2. The fraction of sp³-hybridized carbons (Fsp3) is 0.500. The molecule has 9 nitrogen and oxygen atoms in total. The van der Waals surface area contributed by atoms with Crippen molar-refractivity contribution in [3.8, 4) is 5.69 Å². The molecule has 2 aromatic heterocycles. The average molecular weight is 592 g/mol. The molecule has 0 spiro atoms. The van der Waals surface area contributed by atoms with Gasteiger partial charge in [-0.05, 0) is 87.0 Å². The van der Waals surface area contributed by atoms with E-state index in [0.717, 1.165) is 36.8 Å². The molecule has 1 N–H and O–H groups in total. The summed E-state index contributed by atoms with van der Waals surface area (Å²) in [5.74, 6) is 1.21. The number of methoxy groups -OCH3 is 1. The smallest absolute Gasteiger partial charge is 0.409 e. The first kappa shape index (κ1) is 27.8. The number of rotatable bonds is 4. The summed E-state index contributed by atoms with van der Waals surface area (Å²) < 4.78 is 35.3. The van der Waals surface area contributed by atoms with Crippen LogP contribution in [-0.2, 0) is 4.74 Å². The van der Waals surface area contributed by atoms with E-state index in [-0.39, 0.29) is 22.3 Å². The summed E-state index contributed by atoms with van der Waals surface area (Å²) in [6.45, 7) is 3.88. The van der Waals surface area contributed by atoms with Crippen molar-refractivity contribution < 1.29 is 23.1 Å². The van der Waals surface area contributed by atoms with Crippen molar-refractivity contribution in [2.45, 2.75) is 44.6 Å². The molecule has 43 heavy (non-hydrogen) atoms. The molecule has 3 saturated carbocycles. The van der Waals surface area contributed by atoms with Crippen molar-refractivity contribution in [1.29, 1.82) is 0 Å². The first-order valence-corrected chi connectivity index (χ1v) is 15.0. The van der Waals surface area contributed by atoms with Gasteiger partial charge in [0.05, 0.1) is 18.2 Å². The molecule has 7 rings (SSSR count). The molecule has 1 saturated heterocycles. The SMILES string of the molecule is COC(=O)N1CCN(c2ccc3c(=O)c(C(=O)NC4(C)CC5CC6CC(C4)[C@H]6C5)cn(-c4ccc(F)cc4F)c3n2)CC1. The van der Waals surface area contributed by atoms with Crippen molar-refractivity contribution in [3.63, 3.8) is 0 Å². The molecule has 4 aliphatic rings. The van der Waals surface area contributed by atoms with Gasteiger partial charge in [-0.1, -0.05) is 0 Å². The fourth-order valence-corrected chi connectivity index (χ4v) is 8.28. The Kier molecular flexibility index (Phi) is 6.66. The van der Waals surface area contributed by atoms with Crippen molar-refractivity contribution in [3.05, 3.63) is 63.9 Å². The van der Waals surface area contributed by atoms with Gasteiger partial charge in [-0.3, -0.25) is 14.2 Å². The van der Waals surface area contributed by atoms with Crippen LogP contribution in [-0.4, -0.2) is 65.3 Å². The number of halogens is 2. The lowest BCUT2D eigenvalue weighted by molar-refractivity contribution is 0.0570. The van der Waals surface area contributed by atoms with E-state index in [4.69, 9.17) is 9.72 Å². The molecular formula is C32H35F2N5O4. The molecule has 3 aliphatic carbocycles. The molecule has 5 atom stereocenters. The number of carbonyl (C=O) groups excluding carboxylic acids is 2. The third-order valence-electron chi connectivity index (χ3n) is 10.2. The summed E-state index contributed by atoms with van der Waals surface area (Å²) in [4.78, 5) is 47.8. The highest BCUT2D eigenvalue weighted by molar-refractivity contribution is 5.97. The summed E-state index contributed by atoms with van der Waals surface area (Å²) >= 11 is 0. The molecule has 3 aromatic rings. The highest BCUT2D eigenvalue weighted by Gasteiger charge is 2.53. The molecule has 2 bridgehead atoms. The van der Waals surface area contributed by atoms with Crippen LogP contribution < -0.4 is 15.6 Å². The highest BCUT2D eigenvalue weighted by Crippen LogP contribution is 2.60. The van der Waals surface area contributed by atoms with E-state index in [1.807, 2.05) is 4.90 Å². The van der Waals surface area contributed by atoms with Gasteiger partial charge in [-0.2, -0.15) is 0 Å². The first-order chi connectivity index (χ1) is 20.6. The zero-order chi connectivity index (χ0) is 30.0. The number of amides is 2. The minimum absolute atomic E-state index is 0.0286. The van der Waals surface area contributed by atoms with E-state index >= 15 is 4.39 Å². The lowest BCUT2D eigenvalue weighted by Gasteiger charge is -2.46. The van der Waals surface area contributed by atoms with Gasteiger partial charge in [-0.15, -0.1) is 0 Å². The molecule has 4 fully saturated rings. The third-order valence-corrected chi connectivity index (χ3v) is 10.2. The van der Waals surface area contributed by atoms with Crippen LogP contribution in [0.4, 0.5) is 19.4 Å². The van der Waals surface area contributed by atoms with E-state index in [2.05, 4.69) is 12.2 Å². The first-order valence-electron chi connectivity index (χ1n) is 15.0. The van der Waals surface area contributed by atoms with Gasteiger partial charge in [0.1, 0.15) is 23.0 Å². The summed E-state index contributed by atoms with van der Waals surface area (Å²) in [6.07, 6.45) is 6.34. The Morgan fingerprint density at radius 1 is 1.02 bits per heavy atom. The van der Waals surface area contributed by atoms with Crippen molar-refractivity contribution >= 4 is 28.9 Å². The minimum atomic E-state index is -0.846. The predicted molar refractivity (Wildman–Crippen MR) is 156 cm³/mol. The van der Waals surface area contributed by atoms with Crippen LogP contribution in [0, 0.1) is 35.3 Å². The van der Waals surface area contributed by atoms with Gasteiger partial charge in [0.2, 0.25) is 5.43 Å². The van der Waals surface area contributed by atoms with Crippen LogP contribution in [0.15, 0.2) is 41.3 Å². The molecule has 11 heteroatoms. The normalized spacial score (nSPS) is 27.9. The van der Waals surface area contributed by atoms with Gasteiger partial charge in [0.15, 0.2) is 5.65 Å². The third kappa shape index (κ3) is 4.82. The molecular weight excluding hydrogens is 556 g/mol. The number of ether oxygens (including phenoxy) is 1. The van der Waals surface area contributed by atoms with E-state index in [1.165, 1.54) is 43.2 Å². The van der Waals surface area contributed by atoms with Crippen molar-refractivity contribution in [2.75, 3.05) is 38.2 Å². The van der Waals surface area contributed by atoms with E-state index in [9.17, 15) is 18.8 Å². The number of nitrogens with zero attached hydrogens (tertiary/aromatic N) is 4. The fourth-order valence-electron chi connectivity index (χ4n) is 8.28. The molecule has 3 heterocycles. The monoisotopic (exact) mass is 591 g/mol. The molecule has 4 unspecified atom stereocenters. The Bertz CT molecular complexity index is 1680. The Hall–Kier alpha value is -4.02. The zero-order valence-electron chi connectivity index (χ0n) is 24.3. The van der Waals surface area contributed by atoms with Gasteiger partial charge >= 0.3 is 6.09 Å². The maximum absolute atomic E-state index is 15.2. The number of piperazine rings is 1. The molecule has 2 amide bonds. The number of hydrogen-bond donors (Lipinski definition) is 1. The van der Waals surface area contributed by atoms with Crippen LogP contribution in [0.25, 0.3) is 16.7 Å². The zero-order valence-corrected chi connectivity index (χ0v) is 24.3. The van der Waals surface area contributed by atoms with Gasteiger partial charge in [-0.25, -0.2) is 18.6 Å². The highest BCUT2D eigenvalue weighted by atomic mass is 19.1. The lowest BCUT2D eigenvalue weighted by atomic mass is 9.62. The van der Waals surface area contributed by atoms with E-state index in [0.29, 0.717) is 43.8 Å². The summed E-state index contributed by atoms with van der Waals surface area (Å²) in [7, 11) is 1.34. The number of pyridine rings is 2. The summed E-state index contributed by atoms with van der Waals surface area (Å²) in [5, 5.41) is 3.36. The average Bonchev–Trinajstić information content (AvgIpc) is 3.24. The van der Waals surface area contributed by atoms with E-state index in [1.54, 1.807) is 17.0 Å². The Labute approximate surface area is 247 Å². The topological polar surface area (TPSA) is 96.8 Å². The van der Waals surface area contributed by atoms with Crippen molar-refractivity contribution in [1.82, 2.24) is 19.8 Å². The quantitative estimate of drug-likeness (QED) is 0.480. The summed E-state index contributed by atoms with van der Waals surface area (Å²) in [5.41, 5.74) is -0.922. The molecule has 0 radical (unpaired) electrons. The Morgan fingerprint density at radius 2 is 1.81 bits per heavy atom. The Balaban J connectivity index is 1.26. The van der Waals surface area contributed by atoms with Crippen LogP contribution in [0.1, 0.15) is 49.4 Å². The van der Waals surface area contributed by atoms with Gasteiger partial charge < -0.3 is 19.9 Å². The van der Waals surface area contributed by atoms with Crippen LogP contribution in [0.5, 0.6) is 0 Å². The van der Waals surface area contributed by atoms with Crippen LogP contribution in [0.3, 0.4) is 0 Å². The predicted octanol–water partition coefficient (Wildman–Crippen LogP) is 4.50. The second-order valence-corrected chi connectivity index (χ2v) is 13.0. The largest absolute Gasteiger partial charge is 0.453 e. The number of hydrogen-bond acceptors (Lipinski definition) is 6. The second kappa shape index (κ2) is 10.3. The molecule has 1 aliphatic heterocycles. The van der Waals surface area contributed by atoms with E-state index < -0.39 is 34.6 Å². The second-order valence-electron chi connectivity index (χ2n) is 13.0. The lowest BCUT2D eigenvalue weighted by Crippen LogP contribution is -2.51. The minimum Gasteiger partial charge on any atom is -0.453 e. The maximum Gasteiger partial charge on any atom is 0.409 e. The number of nitrogens with one attached hydrogen (secondary N) is 1. The number of aromatic nitrogens is 2. The standard InChI is InChI=1S/C32H35F2N5O4/c1-32(15-18-11-19-13-20(16-32)23(19)12-18)36-30(41)24-17-39(26-5-3-21(33)14-25(26)34)29-22(28(24)40)4-6-27(35-29)37-7-9-38(10-8-37)31(42)43-2/h3-6,14,17-20,23H,7-13,15-16H2,1-2H3,(H,36,41)/t18?,19?,20?,23-,32?/m0/s1. The molecule has 226 valence electrons. The molecule has 1 aromatic carbocycles. The number of fused-ring (bicyclic) bond motifs is 2. The number of benzene rings is 1. The van der Waals surface area contributed by atoms with Crippen LogP contribution >= 0.6 is 0 Å². The number of anilines is 1. The summed E-state index contributed by atoms with van der Waals surface area (Å²) in [6, 6.07) is 6.47. The maximum atomic E-state index is 15.2. The van der Waals surface area contributed by atoms with Gasteiger partial charge in [0, 0.05) is 44.0 Å². The van der Waals surface area contributed by atoms with Crippen LogP contribution in [0.2, 0.25) is 0 Å². The Morgan fingerprint density at radius 3 is 2.56 bits per heavy atom. The van der Waals surface area contributed by atoms with Crippen molar-refractivity contribution in [2.24, 2.45) is 23.7 Å². The van der Waals surface area contributed by atoms with Gasteiger partial charge in [0.25, 0.3) is 5.91 Å².